The molecule has 2 aromatic heterocycles. The third-order valence-corrected chi connectivity index (χ3v) is 9.80. The van der Waals surface area contributed by atoms with E-state index in [2.05, 4.69) is 29.2 Å². The van der Waals surface area contributed by atoms with Crippen LogP contribution in [-0.4, -0.2) is 30.8 Å². The molecule has 1 aliphatic carbocycles. The van der Waals surface area contributed by atoms with Crippen molar-refractivity contribution in [2.24, 2.45) is 5.92 Å². The number of hydrogen-bond donors (Lipinski definition) is 0. The fourth-order valence-electron chi connectivity index (χ4n) is 4.27. The van der Waals surface area contributed by atoms with Crippen molar-refractivity contribution in [1.29, 1.82) is 0 Å². The molecular formula is C23H26N2O3S2. The molecule has 0 radical (unpaired) electrons. The standard InChI is InChI=1S/C23H26N2O3S2/c26-30(27,25-13-11-18(12-14-25)15-17-5-2-1-3-6-17)22-10-9-21(29-22)20-16-24-23(28-20)19-7-4-8-19/h1-3,5-6,9-10,16,18-19H,4,7-8,11-15H2. The first-order valence-corrected chi connectivity index (χ1v) is 13.0. The van der Waals surface area contributed by atoms with Crippen LogP contribution in [0.1, 0.15) is 49.5 Å². The zero-order valence-corrected chi connectivity index (χ0v) is 18.5. The van der Waals surface area contributed by atoms with Crippen LogP contribution in [0.5, 0.6) is 0 Å². The number of oxazole rings is 1. The number of thiophene rings is 1. The summed E-state index contributed by atoms with van der Waals surface area (Å²) in [6, 6.07) is 14.0. The van der Waals surface area contributed by atoms with Crippen molar-refractivity contribution >= 4 is 21.4 Å². The van der Waals surface area contributed by atoms with Crippen LogP contribution in [0.3, 0.4) is 0 Å². The van der Waals surface area contributed by atoms with Crippen molar-refractivity contribution in [3.63, 3.8) is 0 Å². The topological polar surface area (TPSA) is 63.4 Å². The SMILES string of the molecule is O=S(=O)(c1ccc(-c2cnc(C3CCC3)o2)s1)N1CCC(Cc2ccccc2)CC1. The molecule has 0 spiro atoms. The molecule has 0 amide bonds. The lowest BCUT2D eigenvalue weighted by molar-refractivity contribution is 0.273. The Morgan fingerprint density at radius 1 is 1.03 bits per heavy atom. The second-order valence-corrected chi connectivity index (χ2v) is 11.6. The number of benzene rings is 1. The van der Waals surface area contributed by atoms with E-state index in [1.807, 2.05) is 12.1 Å². The first kappa shape index (κ1) is 20.0. The lowest BCUT2D eigenvalue weighted by Crippen LogP contribution is -2.38. The van der Waals surface area contributed by atoms with Gasteiger partial charge in [-0.3, -0.25) is 0 Å². The van der Waals surface area contributed by atoms with Gasteiger partial charge < -0.3 is 4.42 Å². The predicted octanol–water partition coefficient (Wildman–Crippen LogP) is 5.31. The maximum Gasteiger partial charge on any atom is 0.252 e. The molecule has 2 fully saturated rings. The maximum atomic E-state index is 13.2. The maximum absolute atomic E-state index is 13.2. The fourth-order valence-corrected chi connectivity index (χ4v) is 7.14. The third-order valence-electron chi connectivity index (χ3n) is 6.34. The van der Waals surface area contributed by atoms with Gasteiger partial charge in [0.1, 0.15) is 4.21 Å². The largest absolute Gasteiger partial charge is 0.440 e. The summed E-state index contributed by atoms with van der Waals surface area (Å²) in [5.41, 5.74) is 1.33. The van der Waals surface area contributed by atoms with E-state index in [1.54, 1.807) is 16.6 Å². The average Bonchev–Trinajstić information content (AvgIpc) is 3.38. The molecule has 1 saturated heterocycles. The van der Waals surface area contributed by atoms with E-state index in [0.29, 0.717) is 34.9 Å². The minimum Gasteiger partial charge on any atom is -0.440 e. The van der Waals surface area contributed by atoms with Crippen molar-refractivity contribution in [2.45, 2.75) is 48.7 Å². The van der Waals surface area contributed by atoms with E-state index in [-0.39, 0.29) is 0 Å². The second kappa shape index (κ2) is 8.29. The van der Waals surface area contributed by atoms with Crippen LogP contribution in [0.2, 0.25) is 0 Å². The normalized spacial score (nSPS) is 19.1. The number of hydrogen-bond acceptors (Lipinski definition) is 5. The molecule has 5 nitrogen and oxygen atoms in total. The molecule has 2 aliphatic rings. The van der Waals surface area contributed by atoms with Gasteiger partial charge in [-0.25, -0.2) is 13.4 Å². The summed E-state index contributed by atoms with van der Waals surface area (Å²) in [5.74, 6) is 2.43. The highest BCUT2D eigenvalue weighted by atomic mass is 32.2. The van der Waals surface area contributed by atoms with Gasteiger partial charge >= 0.3 is 0 Å². The summed E-state index contributed by atoms with van der Waals surface area (Å²) in [6.07, 6.45) is 8.04. The minimum absolute atomic E-state index is 0.389. The van der Waals surface area contributed by atoms with Crippen LogP contribution >= 0.6 is 11.3 Å². The summed E-state index contributed by atoms with van der Waals surface area (Å²) in [6.45, 7) is 1.17. The highest BCUT2D eigenvalue weighted by Gasteiger charge is 2.31. The van der Waals surface area contributed by atoms with Crippen LogP contribution in [0.15, 0.2) is 57.3 Å². The molecule has 0 bridgehead atoms. The van der Waals surface area contributed by atoms with E-state index in [1.165, 1.54) is 23.3 Å². The molecule has 1 aliphatic heterocycles. The van der Waals surface area contributed by atoms with Gasteiger partial charge in [0.25, 0.3) is 10.0 Å². The van der Waals surface area contributed by atoms with Crippen LogP contribution in [-0.2, 0) is 16.4 Å². The van der Waals surface area contributed by atoms with Gasteiger partial charge in [0.05, 0.1) is 11.1 Å². The molecule has 1 aromatic carbocycles. The fraction of sp³-hybridized carbons (Fsp3) is 0.435. The third kappa shape index (κ3) is 3.98. The Balaban J connectivity index is 1.24. The van der Waals surface area contributed by atoms with Gasteiger partial charge in [0.2, 0.25) is 0 Å². The summed E-state index contributed by atoms with van der Waals surface area (Å²) >= 11 is 1.28. The number of piperidine rings is 1. The Morgan fingerprint density at radius 3 is 2.50 bits per heavy atom. The Morgan fingerprint density at radius 2 is 1.80 bits per heavy atom. The van der Waals surface area contributed by atoms with Gasteiger partial charge in [0, 0.05) is 19.0 Å². The van der Waals surface area contributed by atoms with Gasteiger partial charge in [-0.2, -0.15) is 4.31 Å². The van der Waals surface area contributed by atoms with Crippen molar-refractivity contribution in [2.75, 3.05) is 13.1 Å². The lowest BCUT2D eigenvalue weighted by atomic mass is 9.85. The van der Waals surface area contributed by atoms with Gasteiger partial charge in [-0.1, -0.05) is 36.8 Å². The van der Waals surface area contributed by atoms with Crippen molar-refractivity contribution in [3.05, 3.63) is 60.1 Å². The van der Waals surface area contributed by atoms with Crippen LogP contribution in [0, 0.1) is 5.92 Å². The summed E-state index contributed by atoms with van der Waals surface area (Å²) in [7, 11) is -3.46. The highest BCUT2D eigenvalue weighted by Crippen LogP contribution is 2.39. The van der Waals surface area contributed by atoms with Crippen molar-refractivity contribution in [1.82, 2.24) is 9.29 Å². The van der Waals surface area contributed by atoms with Crippen LogP contribution in [0.4, 0.5) is 0 Å². The molecule has 0 unspecified atom stereocenters. The van der Waals surface area contributed by atoms with E-state index < -0.39 is 10.0 Å². The van der Waals surface area contributed by atoms with E-state index in [9.17, 15) is 8.42 Å². The second-order valence-electron chi connectivity index (χ2n) is 8.35. The zero-order chi connectivity index (χ0) is 20.6. The van der Waals surface area contributed by atoms with Crippen molar-refractivity contribution in [3.8, 4) is 10.6 Å². The molecule has 5 rings (SSSR count). The first-order chi connectivity index (χ1) is 14.6. The van der Waals surface area contributed by atoms with Gasteiger partial charge in [-0.15, -0.1) is 11.3 Å². The highest BCUT2D eigenvalue weighted by molar-refractivity contribution is 7.91. The van der Waals surface area contributed by atoms with E-state index >= 15 is 0 Å². The molecule has 7 heteroatoms. The molecule has 30 heavy (non-hydrogen) atoms. The van der Waals surface area contributed by atoms with E-state index in [0.717, 1.165) is 42.9 Å². The Bertz CT molecular complexity index is 1090. The molecule has 158 valence electrons. The molecule has 3 aromatic rings. The molecular weight excluding hydrogens is 416 g/mol. The molecule has 3 heterocycles. The summed E-state index contributed by atoms with van der Waals surface area (Å²) in [5, 5.41) is 0. The quantitative estimate of drug-likeness (QED) is 0.519. The number of sulfonamides is 1. The average molecular weight is 443 g/mol. The van der Waals surface area contributed by atoms with Crippen LogP contribution in [0.25, 0.3) is 10.6 Å². The first-order valence-electron chi connectivity index (χ1n) is 10.7. The molecule has 1 saturated carbocycles. The Kier molecular flexibility index (Phi) is 5.52. The summed E-state index contributed by atoms with van der Waals surface area (Å²) < 4.78 is 34.3. The minimum atomic E-state index is -3.46. The molecule has 0 N–H and O–H groups in total. The van der Waals surface area contributed by atoms with Gasteiger partial charge in [-0.05, 0) is 55.7 Å². The van der Waals surface area contributed by atoms with E-state index in [4.69, 9.17) is 4.42 Å². The Labute approximate surface area is 181 Å². The zero-order valence-electron chi connectivity index (χ0n) is 16.9. The smallest absolute Gasteiger partial charge is 0.252 e. The number of nitrogens with zero attached hydrogens (tertiary/aromatic N) is 2. The van der Waals surface area contributed by atoms with Crippen molar-refractivity contribution < 1.29 is 12.8 Å². The predicted molar refractivity (Wildman–Crippen MR) is 118 cm³/mol. The monoisotopic (exact) mass is 442 g/mol. The van der Waals surface area contributed by atoms with Crippen LogP contribution < -0.4 is 0 Å². The summed E-state index contributed by atoms with van der Waals surface area (Å²) in [4.78, 5) is 5.22. The molecule has 0 atom stereocenters. The number of rotatable bonds is 6. The Hall–Kier alpha value is -1.96. The number of aromatic nitrogens is 1. The van der Waals surface area contributed by atoms with Gasteiger partial charge in [0.15, 0.2) is 11.7 Å². The lowest BCUT2D eigenvalue weighted by Gasteiger charge is -2.30.